The molecule has 1 saturated carbocycles. The van der Waals surface area contributed by atoms with E-state index >= 15 is 0 Å². The van der Waals surface area contributed by atoms with Crippen molar-refractivity contribution in [2.45, 2.75) is 31.4 Å². The number of nitro groups is 1. The Hall–Kier alpha value is -2.25. The number of ether oxygens (including phenoxy) is 1. The van der Waals surface area contributed by atoms with Crippen LogP contribution in [0.25, 0.3) is 0 Å². The number of hydrogen-bond donors (Lipinski definition) is 1. The fourth-order valence-corrected chi connectivity index (χ4v) is 2.95. The molecule has 112 valence electrons. The van der Waals surface area contributed by atoms with E-state index in [-0.39, 0.29) is 17.3 Å². The molecule has 2 N–H and O–H groups in total. The highest BCUT2D eigenvalue weighted by atomic mass is 19.3. The molecule has 1 aliphatic carbocycles. The standard InChI is InChI=1S/C13H13F2N3O3/c1-6-2-3-7(18(19)20)4-8(6)13(11(14)15)9-5-10(9)21-12(16)17-13/h2-4,9-11H,5H2,1H3,(H2,16,17)/t9-,10+,13+/m0/s1. The van der Waals surface area contributed by atoms with Crippen molar-refractivity contribution in [2.75, 3.05) is 0 Å². The van der Waals surface area contributed by atoms with E-state index in [0.29, 0.717) is 12.0 Å². The minimum absolute atomic E-state index is 0.144. The fourth-order valence-electron chi connectivity index (χ4n) is 2.95. The third-order valence-electron chi connectivity index (χ3n) is 4.06. The summed E-state index contributed by atoms with van der Waals surface area (Å²) in [6.07, 6.45) is -2.80. The lowest BCUT2D eigenvalue weighted by Crippen LogP contribution is -2.43. The van der Waals surface area contributed by atoms with Gasteiger partial charge in [-0.1, -0.05) is 6.07 Å². The minimum atomic E-state index is -2.82. The molecular weight excluding hydrogens is 284 g/mol. The molecule has 0 bridgehead atoms. The van der Waals surface area contributed by atoms with Crippen LogP contribution in [0.1, 0.15) is 17.5 Å². The Kier molecular flexibility index (Phi) is 2.86. The summed E-state index contributed by atoms with van der Waals surface area (Å²) in [5.41, 5.74) is 4.07. The molecule has 0 amide bonds. The van der Waals surface area contributed by atoms with E-state index in [0.717, 1.165) is 0 Å². The summed E-state index contributed by atoms with van der Waals surface area (Å²) in [6.45, 7) is 1.63. The van der Waals surface area contributed by atoms with Crippen LogP contribution >= 0.6 is 0 Å². The van der Waals surface area contributed by atoms with Crippen LogP contribution in [0.3, 0.4) is 0 Å². The molecule has 21 heavy (non-hydrogen) atoms. The molecule has 1 heterocycles. The number of halogens is 2. The summed E-state index contributed by atoms with van der Waals surface area (Å²) in [4.78, 5) is 14.2. The molecular formula is C13H13F2N3O3. The first-order valence-electron chi connectivity index (χ1n) is 6.42. The number of nitro benzene ring substituents is 1. The number of benzene rings is 1. The molecule has 0 aromatic heterocycles. The van der Waals surface area contributed by atoms with Crippen LogP contribution in [-0.4, -0.2) is 23.5 Å². The lowest BCUT2D eigenvalue weighted by molar-refractivity contribution is -0.385. The van der Waals surface area contributed by atoms with Crippen molar-refractivity contribution in [2.24, 2.45) is 16.6 Å². The topological polar surface area (TPSA) is 90.8 Å². The summed E-state index contributed by atoms with van der Waals surface area (Å²) in [6, 6.07) is 3.61. The Morgan fingerprint density at radius 2 is 2.29 bits per heavy atom. The van der Waals surface area contributed by atoms with Crippen molar-refractivity contribution in [1.82, 2.24) is 0 Å². The van der Waals surface area contributed by atoms with Gasteiger partial charge in [0.15, 0.2) is 5.54 Å². The molecule has 0 spiro atoms. The van der Waals surface area contributed by atoms with E-state index < -0.39 is 28.9 Å². The lowest BCUT2D eigenvalue weighted by atomic mass is 9.82. The average Bonchev–Trinajstić information content (AvgIpc) is 3.16. The maximum Gasteiger partial charge on any atom is 0.283 e. The van der Waals surface area contributed by atoms with E-state index in [1.165, 1.54) is 18.2 Å². The first kappa shape index (κ1) is 13.7. The van der Waals surface area contributed by atoms with Gasteiger partial charge in [0.1, 0.15) is 6.10 Å². The molecule has 2 aliphatic rings. The predicted octanol–water partition coefficient (Wildman–Crippen LogP) is 2.10. The van der Waals surface area contributed by atoms with Crippen LogP contribution in [-0.2, 0) is 10.3 Å². The van der Waals surface area contributed by atoms with Crippen LogP contribution in [0.4, 0.5) is 14.5 Å². The number of nitrogens with zero attached hydrogens (tertiary/aromatic N) is 2. The van der Waals surface area contributed by atoms with Crippen molar-refractivity contribution < 1.29 is 18.4 Å². The lowest BCUT2D eigenvalue weighted by Gasteiger charge is -2.33. The number of amidine groups is 1. The van der Waals surface area contributed by atoms with Gasteiger partial charge < -0.3 is 10.5 Å². The maximum absolute atomic E-state index is 13.8. The number of aryl methyl sites for hydroxylation is 1. The third-order valence-corrected chi connectivity index (χ3v) is 4.06. The normalized spacial score (nSPS) is 30.4. The zero-order chi connectivity index (χ0) is 15.4. The molecule has 1 fully saturated rings. The van der Waals surface area contributed by atoms with Crippen molar-refractivity contribution in [3.8, 4) is 0 Å². The SMILES string of the molecule is Cc1ccc([N+](=O)[O-])cc1[C@@]1(C(F)F)N=C(N)O[C@@H]2C[C@@H]21. The number of aliphatic imine (C=N–C) groups is 1. The number of hydrogen-bond acceptors (Lipinski definition) is 5. The van der Waals surface area contributed by atoms with Gasteiger partial charge in [-0.15, -0.1) is 0 Å². The van der Waals surface area contributed by atoms with Crippen molar-refractivity contribution in [3.63, 3.8) is 0 Å². The first-order chi connectivity index (χ1) is 9.86. The number of nitrogens with two attached hydrogens (primary N) is 1. The summed E-state index contributed by atoms with van der Waals surface area (Å²) in [5.74, 6) is -0.509. The molecule has 1 aliphatic heterocycles. The second-order valence-electron chi connectivity index (χ2n) is 5.33. The van der Waals surface area contributed by atoms with Gasteiger partial charge in [0, 0.05) is 18.1 Å². The number of fused-ring (bicyclic) bond motifs is 1. The summed E-state index contributed by atoms with van der Waals surface area (Å²) < 4.78 is 32.8. The average molecular weight is 297 g/mol. The zero-order valence-corrected chi connectivity index (χ0v) is 11.1. The van der Waals surface area contributed by atoms with Crippen LogP contribution in [0, 0.1) is 23.0 Å². The van der Waals surface area contributed by atoms with E-state index in [9.17, 15) is 18.9 Å². The van der Waals surface area contributed by atoms with Gasteiger partial charge in [-0.2, -0.15) is 0 Å². The van der Waals surface area contributed by atoms with Crippen LogP contribution in [0.15, 0.2) is 23.2 Å². The minimum Gasteiger partial charge on any atom is -0.462 e. The molecule has 0 unspecified atom stereocenters. The Bertz CT molecular complexity index is 650. The molecule has 3 atom stereocenters. The highest BCUT2D eigenvalue weighted by Gasteiger charge is 2.64. The molecule has 1 aromatic carbocycles. The van der Waals surface area contributed by atoms with Crippen molar-refractivity contribution in [3.05, 3.63) is 39.4 Å². The van der Waals surface area contributed by atoms with Crippen LogP contribution in [0.2, 0.25) is 0 Å². The van der Waals surface area contributed by atoms with Gasteiger partial charge in [-0.05, 0) is 24.5 Å². The molecule has 0 radical (unpaired) electrons. The second-order valence-corrected chi connectivity index (χ2v) is 5.33. The largest absolute Gasteiger partial charge is 0.462 e. The highest BCUT2D eigenvalue weighted by Crippen LogP contribution is 2.56. The molecule has 0 saturated heterocycles. The zero-order valence-electron chi connectivity index (χ0n) is 11.1. The molecule has 1 aromatic rings. The Morgan fingerprint density at radius 1 is 1.57 bits per heavy atom. The third kappa shape index (κ3) is 1.93. The van der Waals surface area contributed by atoms with Gasteiger partial charge in [0.25, 0.3) is 18.1 Å². The molecule has 3 rings (SSSR count). The van der Waals surface area contributed by atoms with Gasteiger partial charge in [-0.25, -0.2) is 13.8 Å². The van der Waals surface area contributed by atoms with E-state index in [2.05, 4.69) is 4.99 Å². The Labute approximate surface area is 118 Å². The van der Waals surface area contributed by atoms with Gasteiger partial charge in [0.05, 0.1) is 4.92 Å². The van der Waals surface area contributed by atoms with E-state index in [1.807, 2.05) is 0 Å². The smallest absolute Gasteiger partial charge is 0.283 e. The molecule has 6 nitrogen and oxygen atoms in total. The van der Waals surface area contributed by atoms with Crippen molar-refractivity contribution >= 4 is 11.7 Å². The van der Waals surface area contributed by atoms with E-state index in [4.69, 9.17) is 10.5 Å². The van der Waals surface area contributed by atoms with Crippen LogP contribution < -0.4 is 5.73 Å². The first-order valence-corrected chi connectivity index (χ1v) is 6.42. The Morgan fingerprint density at radius 3 is 2.90 bits per heavy atom. The van der Waals surface area contributed by atoms with Gasteiger partial charge in [-0.3, -0.25) is 10.1 Å². The number of rotatable bonds is 3. The van der Waals surface area contributed by atoms with Crippen LogP contribution in [0.5, 0.6) is 0 Å². The summed E-state index contributed by atoms with van der Waals surface area (Å²) in [7, 11) is 0. The second kappa shape index (κ2) is 4.37. The Balaban J connectivity index is 2.21. The van der Waals surface area contributed by atoms with E-state index in [1.54, 1.807) is 6.92 Å². The van der Waals surface area contributed by atoms with Gasteiger partial charge in [0.2, 0.25) is 0 Å². The van der Waals surface area contributed by atoms with Gasteiger partial charge >= 0.3 is 0 Å². The maximum atomic E-state index is 13.8. The summed E-state index contributed by atoms with van der Waals surface area (Å²) in [5, 5.41) is 10.9. The predicted molar refractivity (Wildman–Crippen MR) is 70.1 cm³/mol. The fraction of sp³-hybridized carbons (Fsp3) is 0.462. The number of non-ortho nitro benzene ring substituents is 1. The molecule has 8 heteroatoms. The van der Waals surface area contributed by atoms with Crippen molar-refractivity contribution in [1.29, 1.82) is 0 Å². The quantitative estimate of drug-likeness (QED) is 0.683. The summed E-state index contributed by atoms with van der Waals surface area (Å²) >= 11 is 0. The number of alkyl halides is 2. The highest BCUT2D eigenvalue weighted by molar-refractivity contribution is 5.74. The monoisotopic (exact) mass is 297 g/mol.